The normalized spacial score (nSPS) is 12.0. The summed E-state index contributed by atoms with van der Waals surface area (Å²) in [6.45, 7) is 39.3. The maximum Gasteiger partial charge on any atom is 0.164 e. The van der Waals surface area contributed by atoms with Crippen LogP contribution in [0.1, 0.15) is 128 Å². The molecule has 6 rings (SSSR count). The van der Waals surface area contributed by atoms with Gasteiger partial charge in [0.2, 0.25) is 0 Å². The van der Waals surface area contributed by atoms with E-state index in [-0.39, 0.29) is 74.1 Å². The fourth-order valence-corrected chi connectivity index (χ4v) is 6.47. The molecule has 0 bridgehead atoms. The van der Waals surface area contributed by atoms with Crippen molar-refractivity contribution in [3.63, 3.8) is 0 Å². The van der Waals surface area contributed by atoms with Crippen LogP contribution in [0.5, 0.6) is 0 Å². The number of aromatic nitrogens is 2. The Balaban J connectivity index is 0.000000460. The average Bonchev–Trinajstić information content (AvgIpc) is 3.21. The van der Waals surface area contributed by atoms with Crippen molar-refractivity contribution in [3.05, 3.63) is 153 Å². The summed E-state index contributed by atoms with van der Waals surface area (Å²) in [5.41, 5.74) is 12.7. The first-order valence-electron chi connectivity index (χ1n) is 22.9. The second kappa shape index (κ2) is 24.8. The number of pyridine rings is 2. The van der Waals surface area contributed by atoms with Crippen LogP contribution in [0.15, 0.2) is 96.7 Å². The molecule has 0 amide bonds. The van der Waals surface area contributed by atoms with E-state index >= 15 is 0 Å². The van der Waals surface area contributed by atoms with Gasteiger partial charge in [-0.25, -0.2) is 0 Å². The number of allylic oxidation sites excluding steroid dienone is 4. The molecule has 0 unspecified atom stereocenters. The number of rotatable bonds is 4. The monoisotopic (exact) mass is 1270 g/mol. The van der Waals surface area contributed by atoms with Crippen molar-refractivity contribution >= 4 is 33.1 Å². The third-order valence-electron chi connectivity index (χ3n) is 11.7. The molecule has 4 aromatic carbocycles. The zero-order chi connectivity index (χ0) is 50.3. The molecule has 370 valence electrons. The van der Waals surface area contributed by atoms with Crippen LogP contribution in [0.25, 0.3) is 44.1 Å². The zero-order valence-electron chi connectivity index (χ0n) is 44.4. The Morgan fingerprint density at radius 2 is 0.882 bits per heavy atom. The summed E-state index contributed by atoms with van der Waals surface area (Å²) < 4.78 is 0. The number of fused-ring (bicyclic) bond motifs is 2. The van der Waals surface area contributed by atoms with E-state index in [2.05, 4.69) is 138 Å². The van der Waals surface area contributed by atoms with Crippen molar-refractivity contribution in [2.75, 3.05) is 0 Å². The van der Waals surface area contributed by atoms with E-state index < -0.39 is 10.8 Å². The minimum atomic E-state index is -0.417. The van der Waals surface area contributed by atoms with E-state index in [1.165, 1.54) is 78.2 Å². The van der Waals surface area contributed by atoms with Crippen molar-refractivity contribution in [1.29, 1.82) is 0 Å². The van der Waals surface area contributed by atoms with E-state index in [0.29, 0.717) is 0 Å². The Morgan fingerprint density at radius 1 is 0.485 bits per heavy atom. The van der Waals surface area contributed by atoms with Crippen LogP contribution in [-0.4, -0.2) is 31.7 Å². The summed E-state index contributed by atoms with van der Waals surface area (Å²) in [4.78, 5) is 32.3. The maximum absolute atomic E-state index is 11.5. The van der Waals surface area contributed by atoms with Gasteiger partial charge in [-0.15, -0.1) is 68.8 Å². The van der Waals surface area contributed by atoms with E-state index in [9.17, 15) is 19.8 Å². The van der Waals surface area contributed by atoms with Gasteiger partial charge in [0.05, 0.1) is 0 Å². The molecule has 0 saturated carbocycles. The number of ketones is 2. The number of nitrogens with zero attached hydrogens (tertiary/aromatic N) is 2. The summed E-state index contributed by atoms with van der Waals surface area (Å²) in [6, 6.07) is 28.2. The van der Waals surface area contributed by atoms with Crippen molar-refractivity contribution in [3.8, 4) is 22.5 Å². The summed E-state index contributed by atoms with van der Waals surface area (Å²) in [7, 11) is 0. The van der Waals surface area contributed by atoms with Gasteiger partial charge in [-0.3, -0.25) is 9.59 Å². The van der Waals surface area contributed by atoms with Gasteiger partial charge >= 0.3 is 0 Å². The van der Waals surface area contributed by atoms with Crippen LogP contribution in [-0.2, 0) is 49.8 Å². The van der Waals surface area contributed by atoms with Gasteiger partial charge in [0.1, 0.15) is 11.5 Å². The molecular weight excluding hydrogens is 1200 g/mol. The molecule has 0 aliphatic heterocycles. The predicted octanol–water partition coefficient (Wildman–Crippen LogP) is 16.0. The zero-order valence-corrected chi connectivity index (χ0v) is 49.1. The molecule has 0 saturated heterocycles. The van der Waals surface area contributed by atoms with Gasteiger partial charge in [0, 0.05) is 86.4 Å². The van der Waals surface area contributed by atoms with Crippen LogP contribution >= 0.6 is 0 Å². The van der Waals surface area contributed by atoms with Gasteiger partial charge in [0.25, 0.3) is 0 Å². The van der Waals surface area contributed by atoms with Crippen molar-refractivity contribution in [2.45, 2.75) is 138 Å². The molecule has 6 aromatic rings. The molecule has 6 nitrogen and oxygen atoms in total. The first-order valence-corrected chi connectivity index (χ1v) is 22.9. The molecular formula is C60H76Ir2N2O4-2. The molecule has 0 fully saturated rings. The quantitative estimate of drug-likeness (QED) is 0.104. The van der Waals surface area contributed by atoms with Crippen LogP contribution in [0.2, 0.25) is 0 Å². The fraction of sp³-hybridized carbons (Fsp3) is 0.400. The smallest absolute Gasteiger partial charge is 0.164 e. The molecule has 2 N–H and O–H groups in total. The van der Waals surface area contributed by atoms with Crippen LogP contribution < -0.4 is 0 Å². The predicted molar refractivity (Wildman–Crippen MR) is 279 cm³/mol. The summed E-state index contributed by atoms with van der Waals surface area (Å²) in [5, 5.41) is 24.0. The number of aryl methyl sites for hydroxylation is 7. The number of aliphatic hydroxyl groups excluding tert-OH is 2. The number of hydrogen-bond acceptors (Lipinski definition) is 6. The van der Waals surface area contributed by atoms with E-state index in [1.54, 1.807) is 0 Å². The summed E-state index contributed by atoms with van der Waals surface area (Å²) in [6.07, 6.45) is 6.58. The van der Waals surface area contributed by atoms with E-state index in [1.807, 2.05) is 95.5 Å². The van der Waals surface area contributed by atoms with E-state index in [4.69, 9.17) is 0 Å². The Kier molecular flexibility index (Phi) is 22.4. The molecule has 68 heavy (non-hydrogen) atoms. The molecule has 2 radical (unpaired) electrons. The fourth-order valence-electron chi connectivity index (χ4n) is 6.47. The second-order valence-electron chi connectivity index (χ2n) is 21.7. The number of carbonyl (C=O) groups is 2. The number of hydrogen-bond donors (Lipinski definition) is 2. The van der Waals surface area contributed by atoms with Gasteiger partial charge < -0.3 is 20.2 Å². The molecule has 0 aliphatic rings. The third kappa shape index (κ3) is 16.8. The molecule has 0 spiro atoms. The van der Waals surface area contributed by atoms with Crippen LogP contribution in [0.4, 0.5) is 0 Å². The minimum absolute atomic E-state index is 0. The second-order valence-corrected chi connectivity index (χ2v) is 21.7. The molecule has 0 atom stereocenters. The van der Waals surface area contributed by atoms with Crippen molar-refractivity contribution < 1.29 is 60.0 Å². The SMILES string of the molecule is CC(C)(C)C(=O)C=C(O)C(C)(C)C.CC(C)(C)C(=O)C=C(O)C(C)(C)C.Cc1[c-]c(-c2ncc3ccccc3c2C)c(C)cc1C.Cc1[c-]c(-c2ncc3ccccc3c2C)cc(C)c1C.[Ir].[Ir]. The number of carbonyl (C=O) groups excluding carboxylic acids is 2. The molecule has 2 heterocycles. The maximum atomic E-state index is 11.5. The Hall–Kier alpha value is -4.58. The molecule has 2 aromatic heterocycles. The van der Waals surface area contributed by atoms with E-state index in [0.717, 1.165) is 22.5 Å². The summed E-state index contributed by atoms with van der Waals surface area (Å²) >= 11 is 0. The third-order valence-corrected chi connectivity index (χ3v) is 11.7. The van der Waals surface area contributed by atoms with Crippen LogP contribution in [0, 0.1) is 89.2 Å². The minimum Gasteiger partial charge on any atom is -0.512 e. The van der Waals surface area contributed by atoms with Crippen LogP contribution in [0.3, 0.4) is 0 Å². The molecule has 0 aliphatic carbocycles. The van der Waals surface area contributed by atoms with Crippen molar-refractivity contribution in [2.24, 2.45) is 21.7 Å². The first kappa shape index (κ1) is 61.4. The largest absolute Gasteiger partial charge is 0.512 e. The summed E-state index contributed by atoms with van der Waals surface area (Å²) in [5.74, 6) is 0.208. The topological polar surface area (TPSA) is 100 Å². The number of benzene rings is 4. The Morgan fingerprint density at radius 3 is 1.28 bits per heavy atom. The van der Waals surface area contributed by atoms with Gasteiger partial charge in [0.15, 0.2) is 11.6 Å². The Bertz CT molecular complexity index is 2700. The van der Waals surface area contributed by atoms with Crippen molar-refractivity contribution in [1.82, 2.24) is 9.97 Å². The molecule has 8 heteroatoms. The van der Waals surface area contributed by atoms with Gasteiger partial charge in [-0.2, -0.15) is 0 Å². The number of aliphatic hydroxyl groups is 2. The Labute approximate surface area is 436 Å². The van der Waals surface area contributed by atoms with Gasteiger partial charge in [-0.05, 0) is 46.8 Å². The average molecular weight is 1270 g/mol. The standard InChI is InChI=1S/2C19H18N.2C11H20O2.2Ir/c1-12-9-17(10-13(2)14(12)3)19-15(4)18-8-6-5-7-16(18)11-20-19;1-12-9-14(3)18(10-13(12)2)19-15(4)17-8-6-5-7-16(17)11-20-19;2*1-10(2,3)8(12)7-9(13)11(4,5)6;;/h2*5-9,11H,1-4H3;2*7,12H,1-6H3;;/q2*-1;;;;. The first-order chi connectivity index (χ1) is 30.2. The van der Waals surface area contributed by atoms with Gasteiger partial charge in [-0.1, -0.05) is 184 Å².